The summed E-state index contributed by atoms with van der Waals surface area (Å²) in [5.74, 6) is -1.02. The van der Waals surface area contributed by atoms with Gasteiger partial charge in [-0.1, -0.05) is 41.4 Å². The Morgan fingerprint density at radius 1 is 0.963 bits per heavy atom. The average molecular weight is 385 g/mol. The monoisotopic (exact) mass is 384 g/mol. The Balaban J connectivity index is 1.79. The van der Waals surface area contributed by atoms with E-state index in [9.17, 15) is 9.59 Å². The van der Waals surface area contributed by atoms with Crippen molar-refractivity contribution in [2.75, 3.05) is 5.06 Å². The Labute approximate surface area is 163 Å². The van der Waals surface area contributed by atoms with Crippen molar-refractivity contribution in [2.24, 2.45) is 5.92 Å². The van der Waals surface area contributed by atoms with Crippen LogP contribution in [0.25, 0.3) is 0 Å². The summed E-state index contributed by atoms with van der Waals surface area (Å²) < 4.78 is 0. The number of rotatable bonds is 3. The lowest BCUT2D eigenvalue weighted by atomic mass is 9.90. The molecule has 0 aliphatic carbocycles. The van der Waals surface area contributed by atoms with Crippen LogP contribution in [0.5, 0.6) is 0 Å². The zero-order valence-corrected chi connectivity index (χ0v) is 16.2. The summed E-state index contributed by atoms with van der Waals surface area (Å²) >= 11 is 6.01. The molecule has 5 nitrogen and oxygen atoms in total. The first-order valence-electron chi connectivity index (χ1n) is 9.03. The first-order valence-corrected chi connectivity index (χ1v) is 9.41. The van der Waals surface area contributed by atoms with Gasteiger partial charge in [0.2, 0.25) is 5.91 Å². The fourth-order valence-electron chi connectivity index (χ4n) is 3.86. The zero-order chi connectivity index (χ0) is 19.3. The van der Waals surface area contributed by atoms with E-state index in [1.54, 1.807) is 17.2 Å². The third-order valence-electron chi connectivity index (χ3n) is 5.17. The van der Waals surface area contributed by atoms with Crippen LogP contribution in [0.15, 0.2) is 48.5 Å². The number of halogens is 1. The number of nitrogens with zero attached hydrogens (tertiary/aromatic N) is 2. The molecule has 0 spiro atoms. The summed E-state index contributed by atoms with van der Waals surface area (Å²) in [6.07, 6.45) is -0.804. The number of hydrogen-bond acceptors (Lipinski definition) is 4. The van der Waals surface area contributed by atoms with E-state index >= 15 is 0 Å². The van der Waals surface area contributed by atoms with Gasteiger partial charge in [0.25, 0.3) is 5.91 Å². The number of fused-ring (bicyclic) bond motifs is 1. The summed E-state index contributed by atoms with van der Waals surface area (Å²) in [5.41, 5.74) is 2.83. The van der Waals surface area contributed by atoms with Crippen LogP contribution in [0.4, 0.5) is 5.69 Å². The maximum absolute atomic E-state index is 13.1. The first kappa shape index (κ1) is 18.0. The van der Waals surface area contributed by atoms with Gasteiger partial charge in [-0.15, -0.1) is 0 Å². The molecule has 2 heterocycles. The van der Waals surface area contributed by atoms with Crippen LogP contribution >= 0.6 is 11.6 Å². The lowest BCUT2D eigenvalue weighted by Gasteiger charge is -2.29. The quantitative estimate of drug-likeness (QED) is 0.753. The van der Waals surface area contributed by atoms with Gasteiger partial charge in [-0.25, -0.2) is 5.06 Å². The van der Waals surface area contributed by atoms with E-state index in [1.807, 2.05) is 57.2 Å². The van der Waals surface area contributed by atoms with Crippen molar-refractivity contribution in [1.82, 2.24) is 4.90 Å². The number of carbonyl (C=O) groups is 2. The molecule has 0 unspecified atom stereocenters. The van der Waals surface area contributed by atoms with Gasteiger partial charge in [0.1, 0.15) is 5.92 Å². The van der Waals surface area contributed by atoms with Crippen LogP contribution in [-0.4, -0.2) is 28.9 Å². The minimum absolute atomic E-state index is 0.179. The second-order valence-electron chi connectivity index (χ2n) is 7.35. The highest BCUT2D eigenvalue weighted by Gasteiger charge is 2.60. The molecule has 0 N–H and O–H groups in total. The fraction of sp³-hybridized carbons (Fsp3) is 0.333. The van der Waals surface area contributed by atoms with Crippen molar-refractivity contribution < 1.29 is 14.4 Å². The molecule has 3 atom stereocenters. The third-order valence-corrected chi connectivity index (χ3v) is 5.42. The lowest BCUT2D eigenvalue weighted by Crippen LogP contribution is -2.41. The third kappa shape index (κ3) is 2.91. The molecule has 2 aromatic carbocycles. The molecule has 2 aliphatic rings. The Morgan fingerprint density at radius 3 is 2.19 bits per heavy atom. The number of benzene rings is 2. The summed E-state index contributed by atoms with van der Waals surface area (Å²) in [6.45, 7) is 5.70. The molecule has 4 rings (SSSR count). The SMILES string of the molecule is Cc1ccc([C@@H]2[C@H]3C(=O)N(C(C)C)C(=O)[C@@H]3ON2c2ccc(Cl)cc2)cc1. The van der Waals surface area contributed by atoms with Crippen molar-refractivity contribution in [3.8, 4) is 0 Å². The van der Waals surface area contributed by atoms with E-state index < -0.39 is 12.0 Å². The highest BCUT2D eigenvalue weighted by molar-refractivity contribution is 6.30. The largest absolute Gasteiger partial charge is 0.277 e. The number of likely N-dealkylation sites (tertiary alicyclic amines) is 1. The van der Waals surface area contributed by atoms with E-state index in [0.29, 0.717) is 5.02 Å². The van der Waals surface area contributed by atoms with Crippen molar-refractivity contribution >= 4 is 29.1 Å². The standard InChI is InChI=1S/C21H21ClN2O3/c1-12(2)23-20(25)17-18(14-6-4-13(3)5-7-14)24(27-19(17)21(23)26)16-10-8-15(22)9-11-16/h4-12,17-19H,1-3H3/t17-,18-,19-/m1/s1. The smallest absolute Gasteiger partial charge is 0.262 e. The maximum atomic E-state index is 13.1. The molecule has 27 heavy (non-hydrogen) atoms. The molecule has 2 aliphatic heterocycles. The van der Waals surface area contributed by atoms with E-state index in [1.165, 1.54) is 4.90 Å². The van der Waals surface area contributed by atoms with Crippen molar-refractivity contribution in [3.63, 3.8) is 0 Å². The number of anilines is 1. The molecular weight excluding hydrogens is 364 g/mol. The molecule has 0 saturated carbocycles. The minimum Gasteiger partial charge on any atom is -0.277 e. The van der Waals surface area contributed by atoms with Crippen molar-refractivity contribution in [1.29, 1.82) is 0 Å². The topological polar surface area (TPSA) is 49.9 Å². The van der Waals surface area contributed by atoms with Gasteiger partial charge in [0.15, 0.2) is 6.10 Å². The predicted molar refractivity (Wildman–Crippen MR) is 103 cm³/mol. The molecule has 2 amide bonds. The molecule has 2 saturated heterocycles. The van der Waals surface area contributed by atoms with Crippen LogP contribution in [0.3, 0.4) is 0 Å². The van der Waals surface area contributed by atoms with Crippen LogP contribution in [-0.2, 0) is 14.4 Å². The number of aryl methyl sites for hydroxylation is 1. The van der Waals surface area contributed by atoms with Crippen molar-refractivity contribution in [2.45, 2.75) is 39.0 Å². The number of imide groups is 1. The van der Waals surface area contributed by atoms with Crippen LogP contribution in [0.1, 0.15) is 31.0 Å². The van der Waals surface area contributed by atoms with E-state index in [-0.39, 0.29) is 23.9 Å². The molecule has 6 heteroatoms. The molecule has 140 valence electrons. The number of hydroxylamine groups is 1. The molecule has 2 fully saturated rings. The second kappa shape index (κ2) is 6.66. The highest BCUT2D eigenvalue weighted by Crippen LogP contribution is 2.47. The normalized spacial score (nSPS) is 24.9. The second-order valence-corrected chi connectivity index (χ2v) is 7.79. The van der Waals surface area contributed by atoms with E-state index in [2.05, 4.69) is 0 Å². The molecule has 0 radical (unpaired) electrons. The Kier molecular flexibility index (Phi) is 4.44. The Bertz CT molecular complexity index is 879. The fourth-order valence-corrected chi connectivity index (χ4v) is 3.99. The number of carbonyl (C=O) groups excluding carboxylic acids is 2. The van der Waals surface area contributed by atoms with Gasteiger partial charge in [0, 0.05) is 11.1 Å². The molecular formula is C21H21ClN2O3. The van der Waals surface area contributed by atoms with Gasteiger partial charge in [-0.3, -0.25) is 19.3 Å². The predicted octanol–water partition coefficient (Wildman–Crippen LogP) is 3.90. The lowest BCUT2D eigenvalue weighted by molar-refractivity contribution is -0.145. The summed E-state index contributed by atoms with van der Waals surface area (Å²) in [5, 5.41) is 2.30. The zero-order valence-electron chi connectivity index (χ0n) is 15.4. The van der Waals surface area contributed by atoms with Gasteiger partial charge in [-0.05, 0) is 50.6 Å². The average Bonchev–Trinajstić information content (AvgIpc) is 3.13. The first-order chi connectivity index (χ1) is 12.9. The summed E-state index contributed by atoms with van der Waals surface area (Å²) in [6, 6.07) is 14.6. The van der Waals surface area contributed by atoms with E-state index in [4.69, 9.17) is 16.4 Å². The molecule has 0 bridgehead atoms. The van der Waals surface area contributed by atoms with Gasteiger partial charge in [0.05, 0.1) is 11.7 Å². The summed E-state index contributed by atoms with van der Waals surface area (Å²) in [7, 11) is 0. The Hall–Kier alpha value is -2.37. The summed E-state index contributed by atoms with van der Waals surface area (Å²) in [4.78, 5) is 33.3. The highest BCUT2D eigenvalue weighted by atomic mass is 35.5. The van der Waals surface area contributed by atoms with Gasteiger partial charge in [-0.2, -0.15) is 0 Å². The van der Waals surface area contributed by atoms with Crippen LogP contribution in [0, 0.1) is 12.8 Å². The van der Waals surface area contributed by atoms with Crippen LogP contribution < -0.4 is 5.06 Å². The molecule has 2 aromatic rings. The van der Waals surface area contributed by atoms with Gasteiger partial charge < -0.3 is 0 Å². The van der Waals surface area contributed by atoms with Crippen molar-refractivity contribution in [3.05, 3.63) is 64.7 Å². The van der Waals surface area contributed by atoms with E-state index in [0.717, 1.165) is 16.8 Å². The Morgan fingerprint density at radius 2 is 1.59 bits per heavy atom. The number of hydrogen-bond donors (Lipinski definition) is 0. The number of amides is 2. The van der Waals surface area contributed by atoms with Gasteiger partial charge >= 0.3 is 0 Å². The molecule has 0 aromatic heterocycles. The van der Waals surface area contributed by atoms with Crippen LogP contribution in [0.2, 0.25) is 5.02 Å². The maximum Gasteiger partial charge on any atom is 0.262 e. The minimum atomic E-state index is -0.804.